The lowest BCUT2D eigenvalue weighted by Crippen LogP contribution is -1.75. The molecule has 0 aliphatic heterocycles. The van der Waals surface area contributed by atoms with E-state index in [1.165, 1.54) is 0 Å². The molecule has 2 N–H and O–H groups in total. The van der Waals surface area contributed by atoms with E-state index in [2.05, 4.69) is 0 Å². The highest BCUT2D eigenvalue weighted by Crippen LogP contribution is 2.13. The average molecular weight is 192 g/mol. The monoisotopic (exact) mass is 191 g/mol. The Labute approximate surface area is 75.7 Å². The molecule has 0 bridgehead atoms. The van der Waals surface area contributed by atoms with Gasteiger partial charge in [-0.05, 0) is 18.2 Å². The standard InChI is InChI=1S/C6H4Cl2.BH2O2/c7-5-2-1-3-6(8)4-5;2-1-3/h1-4H;2-3H. The Hall–Kier alpha value is -0.215. The topological polar surface area (TPSA) is 40.5 Å². The van der Waals surface area contributed by atoms with E-state index >= 15 is 0 Å². The molecule has 0 aromatic heterocycles. The highest BCUT2D eigenvalue weighted by molar-refractivity contribution is 6.34. The van der Waals surface area contributed by atoms with Gasteiger partial charge in [0.25, 0.3) is 0 Å². The molecule has 0 atom stereocenters. The molecule has 0 spiro atoms. The van der Waals surface area contributed by atoms with Crippen LogP contribution >= 0.6 is 23.2 Å². The van der Waals surface area contributed by atoms with Crippen LogP contribution in [-0.2, 0) is 0 Å². The van der Waals surface area contributed by atoms with Crippen LogP contribution in [0, 0.1) is 0 Å². The molecule has 0 saturated heterocycles. The van der Waals surface area contributed by atoms with Crippen LogP contribution in [0.3, 0.4) is 0 Å². The molecule has 1 aromatic rings. The lowest BCUT2D eigenvalue weighted by Gasteiger charge is -1.86. The van der Waals surface area contributed by atoms with Crippen LogP contribution in [0.5, 0.6) is 0 Å². The number of benzene rings is 1. The minimum absolute atomic E-state index is 0. The van der Waals surface area contributed by atoms with Crippen LogP contribution in [0.1, 0.15) is 0 Å². The van der Waals surface area contributed by atoms with E-state index in [0.29, 0.717) is 10.0 Å². The predicted octanol–water partition coefficient (Wildman–Crippen LogP) is 1.50. The number of halogens is 2. The van der Waals surface area contributed by atoms with Crippen molar-refractivity contribution in [1.29, 1.82) is 0 Å². The Balaban J connectivity index is 0.000000292. The van der Waals surface area contributed by atoms with Crippen molar-refractivity contribution in [2.45, 2.75) is 0 Å². The first-order chi connectivity index (χ1) is 5.20. The number of hydrogen-bond acceptors (Lipinski definition) is 2. The Kier molecular flexibility index (Phi) is 6.37. The molecule has 1 aromatic carbocycles. The van der Waals surface area contributed by atoms with E-state index < -0.39 is 0 Å². The van der Waals surface area contributed by atoms with Crippen molar-refractivity contribution < 1.29 is 10.0 Å². The summed E-state index contributed by atoms with van der Waals surface area (Å²) in [4.78, 5) is 0. The molecule has 0 amide bonds. The van der Waals surface area contributed by atoms with E-state index in [9.17, 15) is 0 Å². The normalized spacial score (nSPS) is 8.00. The summed E-state index contributed by atoms with van der Waals surface area (Å²) in [7, 11) is 0. The van der Waals surface area contributed by atoms with Crippen LogP contribution in [0.4, 0.5) is 0 Å². The van der Waals surface area contributed by atoms with Gasteiger partial charge in [0.05, 0.1) is 0 Å². The summed E-state index contributed by atoms with van der Waals surface area (Å²) in [5.41, 5.74) is 0. The van der Waals surface area contributed by atoms with Crippen molar-refractivity contribution in [3.05, 3.63) is 34.3 Å². The van der Waals surface area contributed by atoms with Gasteiger partial charge in [-0.3, -0.25) is 0 Å². The minimum atomic E-state index is 0. The molecule has 0 aliphatic carbocycles. The van der Waals surface area contributed by atoms with Crippen LogP contribution < -0.4 is 0 Å². The van der Waals surface area contributed by atoms with Crippen molar-refractivity contribution >= 4 is 30.9 Å². The van der Waals surface area contributed by atoms with Crippen LogP contribution in [0.15, 0.2) is 24.3 Å². The molecule has 0 heterocycles. The highest BCUT2D eigenvalue weighted by atomic mass is 35.5. The SMILES string of the molecule is Clc1cccc(Cl)c1.O[B]O. The largest absolute Gasteiger partial charge is 0.482 e. The minimum Gasteiger partial charge on any atom is -0.429 e. The Morgan fingerprint density at radius 3 is 1.64 bits per heavy atom. The van der Waals surface area contributed by atoms with Gasteiger partial charge in [-0.25, -0.2) is 0 Å². The summed E-state index contributed by atoms with van der Waals surface area (Å²) in [5, 5.41) is 15.4. The molecule has 5 heteroatoms. The Morgan fingerprint density at radius 2 is 1.45 bits per heavy atom. The van der Waals surface area contributed by atoms with Crippen molar-refractivity contribution in [2.75, 3.05) is 0 Å². The zero-order valence-electron chi connectivity index (χ0n) is 5.54. The lowest BCUT2D eigenvalue weighted by molar-refractivity contribution is 0.448. The summed E-state index contributed by atoms with van der Waals surface area (Å²) in [6.45, 7) is 0. The second-order valence-corrected chi connectivity index (χ2v) is 2.43. The van der Waals surface area contributed by atoms with Crippen LogP contribution in [0.2, 0.25) is 10.0 Å². The van der Waals surface area contributed by atoms with Crippen molar-refractivity contribution in [1.82, 2.24) is 0 Å². The Morgan fingerprint density at radius 1 is 1.09 bits per heavy atom. The van der Waals surface area contributed by atoms with Gasteiger partial charge in [-0.2, -0.15) is 0 Å². The first-order valence-corrected chi connectivity index (χ1v) is 3.47. The predicted molar refractivity (Wildman–Crippen MR) is 46.7 cm³/mol. The fourth-order valence-electron chi connectivity index (χ4n) is 0.460. The van der Waals surface area contributed by atoms with Gasteiger partial charge in [0, 0.05) is 10.0 Å². The average Bonchev–Trinajstić information content (AvgIpc) is 1.88. The van der Waals surface area contributed by atoms with E-state index in [4.69, 9.17) is 33.2 Å². The third-order valence-corrected chi connectivity index (χ3v) is 1.26. The first-order valence-electron chi connectivity index (χ1n) is 2.72. The highest BCUT2D eigenvalue weighted by Gasteiger charge is 1.84. The summed E-state index contributed by atoms with van der Waals surface area (Å²) in [6.07, 6.45) is 0. The fraction of sp³-hybridized carbons (Fsp3) is 0. The summed E-state index contributed by atoms with van der Waals surface area (Å²) >= 11 is 11.1. The van der Waals surface area contributed by atoms with Gasteiger partial charge in [0.2, 0.25) is 0 Å². The molecule has 0 fully saturated rings. The third-order valence-electron chi connectivity index (χ3n) is 0.787. The van der Waals surface area contributed by atoms with E-state index in [0.717, 1.165) is 0 Å². The van der Waals surface area contributed by atoms with Gasteiger partial charge in [-0.15, -0.1) is 0 Å². The maximum Gasteiger partial charge on any atom is 0.482 e. The first kappa shape index (κ1) is 10.8. The molecule has 0 saturated carbocycles. The molecular formula is C6H6BCl2O2. The molecule has 0 unspecified atom stereocenters. The molecule has 1 rings (SSSR count). The summed E-state index contributed by atoms with van der Waals surface area (Å²) in [6, 6.07) is 7.08. The quantitative estimate of drug-likeness (QED) is 0.611. The molecule has 2 nitrogen and oxygen atoms in total. The zero-order chi connectivity index (χ0) is 8.69. The number of rotatable bonds is 0. The third kappa shape index (κ3) is 6.19. The summed E-state index contributed by atoms with van der Waals surface area (Å²) in [5.74, 6) is 0. The van der Waals surface area contributed by atoms with Gasteiger partial charge in [0.1, 0.15) is 0 Å². The van der Waals surface area contributed by atoms with Crippen molar-refractivity contribution in [3.63, 3.8) is 0 Å². The summed E-state index contributed by atoms with van der Waals surface area (Å²) < 4.78 is 0. The van der Waals surface area contributed by atoms with Gasteiger partial charge >= 0.3 is 7.69 Å². The Bertz CT molecular complexity index is 190. The maximum atomic E-state index is 7.00. The molecule has 11 heavy (non-hydrogen) atoms. The molecule has 59 valence electrons. The zero-order valence-corrected chi connectivity index (χ0v) is 7.05. The smallest absolute Gasteiger partial charge is 0.429 e. The molecule has 1 radical (unpaired) electrons. The van der Waals surface area contributed by atoms with Crippen molar-refractivity contribution in [2.24, 2.45) is 0 Å². The second-order valence-electron chi connectivity index (χ2n) is 1.56. The van der Waals surface area contributed by atoms with E-state index in [1.54, 1.807) is 18.2 Å². The van der Waals surface area contributed by atoms with Crippen molar-refractivity contribution in [3.8, 4) is 0 Å². The van der Waals surface area contributed by atoms with Gasteiger partial charge in [0.15, 0.2) is 0 Å². The van der Waals surface area contributed by atoms with Gasteiger partial charge < -0.3 is 10.0 Å². The maximum absolute atomic E-state index is 7.00. The van der Waals surface area contributed by atoms with Crippen LogP contribution in [0.25, 0.3) is 0 Å². The molecular weight excluding hydrogens is 186 g/mol. The number of hydrogen-bond donors (Lipinski definition) is 2. The molecule has 0 aliphatic rings. The van der Waals surface area contributed by atoms with Gasteiger partial charge in [-0.1, -0.05) is 29.3 Å². The lowest BCUT2D eigenvalue weighted by atomic mass is 10.4. The fourth-order valence-corrected chi connectivity index (χ4v) is 0.896. The van der Waals surface area contributed by atoms with E-state index in [1.807, 2.05) is 6.07 Å². The van der Waals surface area contributed by atoms with Crippen LogP contribution in [-0.4, -0.2) is 17.7 Å². The second kappa shape index (κ2) is 6.49. The van der Waals surface area contributed by atoms with E-state index in [-0.39, 0.29) is 7.69 Å².